The Kier molecular flexibility index (Phi) is 7.39. The number of rotatable bonds is 9. The highest BCUT2D eigenvalue weighted by molar-refractivity contribution is 9.10. The van der Waals surface area contributed by atoms with E-state index in [1.54, 1.807) is 19.2 Å². The van der Waals surface area contributed by atoms with E-state index in [1.165, 1.54) is 0 Å². The summed E-state index contributed by atoms with van der Waals surface area (Å²) < 4.78 is 14.1. The molecule has 6 nitrogen and oxygen atoms in total. The number of benzene rings is 2. The van der Waals surface area contributed by atoms with Crippen molar-refractivity contribution in [3.8, 4) is 11.5 Å². The molecule has 1 amide bonds. The van der Waals surface area contributed by atoms with Crippen LogP contribution in [0, 0.1) is 0 Å². The fourth-order valence-electron chi connectivity index (χ4n) is 3.18. The van der Waals surface area contributed by atoms with E-state index >= 15 is 0 Å². The van der Waals surface area contributed by atoms with E-state index in [9.17, 15) is 4.79 Å². The van der Waals surface area contributed by atoms with Gasteiger partial charge >= 0.3 is 0 Å². The van der Waals surface area contributed by atoms with E-state index in [4.69, 9.17) is 9.47 Å². The van der Waals surface area contributed by atoms with E-state index in [0.717, 1.165) is 36.1 Å². The SMILES string of the molecule is CCCOc1c(Br)cc(C(=O)Nc2ccc3c(ccn3CCN(C)C)c2)cc1OC. The summed E-state index contributed by atoms with van der Waals surface area (Å²) in [6.07, 6.45) is 2.97. The highest BCUT2D eigenvalue weighted by Gasteiger charge is 2.16. The summed E-state index contributed by atoms with van der Waals surface area (Å²) in [6, 6.07) is 11.5. The minimum Gasteiger partial charge on any atom is -0.493 e. The van der Waals surface area contributed by atoms with Crippen LogP contribution in [0.5, 0.6) is 11.5 Å². The molecule has 0 saturated carbocycles. The summed E-state index contributed by atoms with van der Waals surface area (Å²) in [7, 11) is 5.70. The van der Waals surface area contributed by atoms with E-state index in [2.05, 4.69) is 57.1 Å². The number of hydrogen-bond donors (Lipinski definition) is 1. The first-order valence-electron chi connectivity index (χ1n) is 9.98. The van der Waals surface area contributed by atoms with Crippen molar-refractivity contribution < 1.29 is 14.3 Å². The van der Waals surface area contributed by atoms with Gasteiger partial charge < -0.3 is 24.3 Å². The molecule has 0 atom stereocenters. The predicted octanol–water partition coefficient (Wildman–Crippen LogP) is 5.02. The van der Waals surface area contributed by atoms with Gasteiger partial charge in [-0.3, -0.25) is 4.79 Å². The van der Waals surface area contributed by atoms with Crippen LogP contribution in [0.3, 0.4) is 0 Å². The molecule has 1 heterocycles. The lowest BCUT2D eigenvalue weighted by Gasteiger charge is -2.14. The fraction of sp³-hybridized carbons (Fsp3) is 0.348. The molecule has 0 fully saturated rings. The Morgan fingerprint density at radius 3 is 2.70 bits per heavy atom. The summed E-state index contributed by atoms with van der Waals surface area (Å²) in [5.74, 6) is 0.926. The minimum atomic E-state index is -0.206. The van der Waals surface area contributed by atoms with Gasteiger partial charge in [-0.25, -0.2) is 0 Å². The van der Waals surface area contributed by atoms with Crippen LogP contribution in [0.1, 0.15) is 23.7 Å². The van der Waals surface area contributed by atoms with Crippen molar-refractivity contribution in [3.05, 3.63) is 52.6 Å². The molecule has 0 saturated heterocycles. The Morgan fingerprint density at radius 2 is 2.00 bits per heavy atom. The highest BCUT2D eigenvalue weighted by atomic mass is 79.9. The standard InChI is InChI=1S/C23H28BrN3O3/c1-5-12-30-22-19(24)14-17(15-21(22)29-4)23(28)25-18-6-7-20-16(13-18)8-9-27(20)11-10-26(2)3/h6-9,13-15H,5,10-12H2,1-4H3,(H,25,28). The summed E-state index contributed by atoms with van der Waals surface area (Å²) in [5.41, 5.74) is 2.39. The maximum atomic E-state index is 12.8. The summed E-state index contributed by atoms with van der Waals surface area (Å²) >= 11 is 3.49. The first kappa shape index (κ1) is 22.2. The molecular weight excluding hydrogens is 446 g/mol. The zero-order chi connectivity index (χ0) is 21.7. The number of amides is 1. The number of likely N-dealkylation sites (N-methyl/N-ethyl adjacent to an activating group) is 1. The molecule has 1 aromatic heterocycles. The number of anilines is 1. The third-order valence-electron chi connectivity index (χ3n) is 4.76. The summed E-state index contributed by atoms with van der Waals surface area (Å²) in [6.45, 7) is 4.50. The van der Waals surface area contributed by atoms with Crippen molar-refractivity contribution in [1.29, 1.82) is 0 Å². The summed E-state index contributed by atoms with van der Waals surface area (Å²) in [4.78, 5) is 15.0. The monoisotopic (exact) mass is 473 g/mol. The van der Waals surface area contributed by atoms with Crippen LogP contribution in [0.4, 0.5) is 5.69 Å². The molecule has 3 rings (SSSR count). The molecule has 1 N–H and O–H groups in total. The first-order chi connectivity index (χ1) is 14.4. The number of nitrogens with zero attached hydrogens (tertiary/aromatic N) is 2. The molecule has 0 aliphatic rings. The third-order valence-corrected chi connectivity index (χ3v) is 5.35. The fourth-order valence-corrected chi connectivity index (χ4v) is 3.74. The van der Waals surface area contributed by atoms with Gasteiger partial charge in [0.2, 0.25) is 0 Å². The number of hydrogen-bond acceptors (Lipinski definition) is 4. The average Bonchev–Trinajstić information content (AvgIpc) is 3.13. The number of ether oxygens (including phenoxy) is 2. The number of halogens is 1. The Bertz CT molecular complexity index is 1030. The van der Waals surface area contributed by atoms with Gasteiger partial charge in [-0.2, -0.15) is 0 Å². The number of carbonyl (C=O) groups is 1. The lowest BCUT2D eigenvalue weighted by Crippen LogP contribution is -2.17. The minimum absolute atomic E-state index is 0.206. The smallest absolute Gasteiger partial charge is 0.255 e. The maximum absolute atomic E-state index is 12.8. The quantitative estimate of drug-likeness (QED) is 0.474. The summed E-state index contributed by atoms with van der Waals surface area (Å²) in [5, 5.41) is 4.07. The molecule has 30 heavy (non-hydrogen) atoms. The second kappa shape index (κ2) is 10.00. The van der Waals surface area contributed by atoms with Crippen molar-refractivity contribution in [2.45, 2.75) is 19.9 Å². The van der Waals surface area contributed by atoms with Gasteiger partial charge in [-0.1, -0.05) is 6.92 Å². The third kappa shape index (κ3) is 5.15. The van der Waals surface area contributed by atoms with E-state index in [-0.39, 0.29) is 5.91 Å². The topological polar surface area (TPSA) is 55.7 Å². The predicted molar refractivity (Wildman–Crippen MR) is 125 cm³/mol. The molecule has 2 aromatic carbocycles. The largest absolute Gasteiger partial charge is 0.493 e. The van der Waals surface area contributed by atoms with E-state index in [0.29, 0.717) is 28.1 Å². The second-order valence-electron chi connectivity index (χ2n) is 7.38. The van der Waals surface area contributed by atoms with Crippen LogP contribution in [0.15, 0.2) is 47.1 Å². The molecule has 0 bridgehead atoms. The molecular formula is C23H28BrN3O3. The molecule has 0 spiro atoms. The number of carbonyl (C=O) groups excluding carboxylic acids is 1. The highest BCUT2D eigenvalue weighted by Crippen LogP contribution is 2.37. The van der Waals surface area contributed by atoms with Crippen LogP contribution in [-0.4, -0.2) is 49.7 Å². The van der Waals surface area contributed by atoms with Crippen molar-refractivity contribution in [2.24, 2.45) is 0 Å². The van der Waals surface area contributed by atoms with Crippen LogP contribution in [-0.2, 0) is 6.54 Å². The molecule has 0 aliphatic heterocycles. The molecule has 0 radical (unpaired) electrons. The molecule has 7 heteroatoms. The zero-order valence-corrected chi connectivity index (χ0v) is 19.5. The number of aromatic nitrogens is 1. The van der Waals surface area contributed by atoms with Gasteiger partial charge in [0.15, 0.2) is 11.5 Å². The van der Waals surface area contributed by atoms with Crippen LogP contribution >= 0.6 is 15.9 Å². The van der Waals surface area contributed by atoms with Crippen molar-refractivity contribution in [1.82, 2.24) is 9.47 Å². The lowest BCUT2D eigenvalue weighted by molar-refractivity contribution is 0.102. The lowest BCUT2D eigenvalue weighted by atomic mass is 10.1. The van der Waals surface area contributed by atoms with Crippen LogP contribution in [0.2, 0.25) is 0 Å². The van der Waals surface area contributed by atoms with Crippen molar-refractivity contribution in [2.75, 3.05) is 39.7 Å². The van der Waals surface area contributed by atoms with Crippen LogP contribution < -0.4 is 14.8 Å². The molecule has 3 aromatic rings. The zero-order valence-electron chi connectivity index (χ0n) is 17.9. The van der Waals surface area contributed by atoms with Crippen LogP contribution in [0.25, 0.3) is 10.9 Å². The van der Waals surface area contributed by atoms with E-state index in [1.807, 2.05) is 25.1 Å². The number of fused-ring (bicyclic) bond motifs is 1. The Hall–Kier alpha value is -2.51. The van der Waals surface area contributed by atoms with Gasteiger partial charge in [0.05, 0.1) is 18.2 Å². The van der Waals surface area contributed by atoms with Crippen molar-refractivity contribution in [3.63, 3.8) is 0 Å². The molecule has 160 valence electrons. The average molecular weight is 474 g/mol. The first-order valence-corrected chi connectivity index (χ1v) is 10.8. The van der Waals surface area contributed by atoms with Gasteiger partial charge in [-0.15, -0.1) is 0 Å². The maximum Gasteiger partial charge on any atom is 0.255 e. The molecule has 0 aliphatic carbocycles. The van der Waals surface area contributed by atoms with Crippen molar-refractivity contribution >= 4 is 38.4 Å². The Labute approximate surface area is 185 Å². The second-order valence-corrected chi connectivity index (χ2v) is 8.23. The molecule has 0 unspecified atom stereocenters. The Morgan fingerprint density at radius 1 is 1.20 bits per heavy atom. The van der Waals surface area contributed by atoms with E-state index < -0.39 is 0 Å². The number of nitrogens with one attached hydrogen (secondary N) is 1. The normalized spacial score (nSPS) is 11.1. The van der Waals surface area contributed by atoms with Gasteiger partial charge in [0, 0.05) is 41.4 Å². The van der Waals surface area contributed by atoms with Gasteiger partial charge in [0.1, 0.15) is 0 Å². The Balaban J connectivity index is 1.78. The van der Waals surface area contributed by atoms with Gasteiger partial charge in [0.25, 0.3) is 5.91 Å². The number of methoxy groups -OCH3 is 1. The van der Waals surface area contributed by atoms with Gasteiger partial charge in [-0.05, 0) is 72.8 Å².